The molecule has 1 saturated carbocycles. The van der Waals surface area contributed by atoms with Crippen molar-refractivity contribution in [1.29, 1.82) is 0 Å². The molecule has 5 rings (SSSR count). The van der Waals surface area contributed by atoms with E-state index in [9.17, 15) is 4.79 Å². The first kappa shape index (κ1) is 21.4. The van der Waals surface area contributed by atoms with E-state index in [1.807, 2.05) is 18.2 Å². The van der Waals surface area contributed by atoms with E-state index in [0.29, 0.717) is 41.1 Å². The molecule has 1 aliphatic carbocycles. The fourth-order valence-corrected chi connectivity index (χ4v) is 4.05. The highest BCUT2D eigenvalue weighted by molar-refractivity contribution is 5.98. The van der Waals surface area contributed by atoms with Gasteiger partial charge in [-0.05, 0) is 50.0 Å². The normalized spacial score (nSPS) is 16.9. The summed E-state index contributed by atoms with van der Waals surface area (Å²) in [7, 11) is 0. The van der Waals surface area contributed by atoms with Crippen LogP contribution in [0.15, 0.2) is 54.9 Å². The van der Waals surface area contributed by atoms with E-state index in [1.54, 1.807) is 35.9 Å². The molecule has 4 aromatic rings. The third-order valence-corrected chi connectivity index (χ3v) is 5.73. The number of rotatable bonds is 5. The number of ether oxygens (including phenoxy) is 1. The Bertz CT molecular complexity index is 1430. The molecular formula is C25H21FN6O2. The molecule has 0 spiro atoms. The third-order valence-electron chi connectivity index (χ3n) is 5.73. The van der Waals surface area contributed by atoms with Gasteiger partial charge in [0.2, 0.25) is 0 Å². The Morgan fingerprint density at radius 1 is 1.18 bits per heavy atom. The van der Waals surface area contributed by atoms with E-state index in [4.69, 9.17) is 10.5 Å². The summed E-state index contributed by atoms with van der Waals surface area (Å²) in [6.07, 6.45) is 2.68. The highest BCUT2D eigenvalue weighted by atomic mass is 19.1. The highest BCUT2D eigenvalue weighted by Gasteiger charge is 2.34. The van der Waals surface area contributed by atoms with Crippen molar-refractivity contribution >= 4 is 22.8 Å². The van der Waals surface area contributed by atoms with Crippen molar-refractivity contribution in [2.45, 2.75) is 31.8 Å². The van der Waals surface area contributed by atoms with Gasteiger partial charge in [-0.25, -0.2) is 19.0 Å². The lowest BCUT2D eigenvalue weighted by atomic mass is 9.87. The lowest BCUT2D eigenvalue weighted by Gasteiger charge is -2.35. The van der Waals surface area contributed by atoms with Crippen LogP contribution in [0.25, 0.3) is 22.3 Å². The molecule has 1 fully saturated rings. The van der Waals surface area contributed by atoms with E-state index in [-0.39, 0.29) is 29.4 Å². The van der Waals surface area contributed by atoms with Gasteiger partial charge in [0.25, 0.3) is 5.91 Å². The lowest BCUT2D eigenvalue weighted by molar-refractivity contribution is -0.117. The first-order valence-electron chi connectivity index (χ1n) is 10.8. The highest BCUT2D eigenvalue weighted by Crippen LogP contribution is 2.39. The number of nitrogens with zero attached hydrogens (tertiary/aromatic N) is 4. The second-order valence-electron chi connectivity index (χ2n) is 7.98. The van der Waals surface area contributed by atoms with E-state index in [0.717, 1.165) is 0 Å². The van der Waals surface area contributed by atoms with Crippen LogP contribution in [-0.4, -0.2) is 31.7 Å². The first-order chi connectivity index (χ1) is 16.5. The van der Waals surface area contributed by atoms with Gasteiger partial charge < -0.3 is 15.8 Å². The number of fused-ring (bicyclic) bond motifs is 1. The molecule has 0 bridgehead atoms. The summed E-state index contributed by atoms with van der Waals surface area (Å²) in [5.41, 5.74) is 7.31. The van der Waals surface area contributed by atoms with E-state index >= 15 is 4.39 Å². The summed E-state index contributed by atoms with van der Waals surface area (Å²) in [6.45, 7) is 1.62. The molecule has 2 heterocycles. The number of aromatic nitrogens is 4. The van der Waals surface area contributed by atoms with Crippen LogP contribution >= 0.6 is 0 Å². The molecule has 34 heavy (non-hydrogen) atoms. The van der Waals surface area contributed by atoms with Crippen LogP contribution in [-0.2, 0) is 4.79 Å². The van der Waals surface area contributed by atoms with Crippen LogP contribution in [0.5, 0.6) is 11.5 Å². The Kier molecular flexibility index (Phi) is 5.55. The Labute approximate surface area is 195 Å². The molecule has 0 atom stereocenters. The number of amides is 1. The number of benzene rings is 2. The van der Waals surface area contributed by atoms with Crippen LogP contribution in [0, 0.1) is 17.7 Å². The number of anilines is 1. The molecule has 0 aliphatic heterocycles. The zero-order valence-corrected chi connectivity index (χ0v) is 18.3. The van der Waals surface area contributed by atoms with Crippen molar-refractivity contribution in [3.63, 3.8) is 0 Å². The predicted octanol–water partition coefficient (Wildman–Crippen LogP) is 3.85. The van der Waals surface area contributed by atoms with Gasteiger partial charge in [0.1, 0.15) is 35.2 Å². The summed E-state index contributed by atoms with van der Waals surface area (Å²) in [4.78, 5) is 20.2. The lowest BCUT2D eigenvalue weighted by Crippen LogP contribution is -2.44. The Balaban J connectivity index is 1.45. The molecule has 1 amide bonds. The largest absolute Gasteiger partial charge is 0.457 e. The van der Waals surface area contributed by atoms with Crippen LogP contribution in [0.4, 0.5) is 10.2 Å². The summed E-state index contributed by atoms with van der Waals surface area (Å²) in [5.74, 6) is 5.46. The number of carbonyl (C=O) groups excluding carboxylic acids is 1. The van der Waals surface area contributed by atoms with Crippen LogP contribution in [0.2, 0.25) is 0 Å². The molecule has 3 N–H and O–H groups in total. The maximum Gasteiger partial charge on any atom is 0.296 e. The minimum Gasteiger partial charge on any atom is -0.457 e. The van der Waals surface area contributed by atoms with Gasteiger partial charge in [-0.3, -0.25) is 4.79 Å². The quantitative estimate of drug-likeness (QED) is 0.442. The van der Waals surface area contributed by atoms with Crippen molar-refractivity contribution in [3.05, 3.63) is 60.7 Å². The van der Waals surface area contributed by atoms with Crippen LogP contribution < -0.4 is 15.8 Å². The number of para-hydroxylation sites is 1. The molecule has 1 aliphatic rings. The maximum atomic E-state index is 15.2. The average Bonchev–Trinajstić information content (AvgIpc) is 3.17. The van der Waals surface area contributed by atoms with Gasteiger partial charge in [0.05, 0.1) is 11.4 Å². The van der Waals surface area contributed by atoms with Gasteiger partial charge in [-0.2, -0.15) is 5.10 Å². The molecule has 0 unspecified atom stereocenters. The number of nitrogen functional groups attached to an aromatic ring is 1. The smallest absolute Gasteiger partial charge is 0.296 e. The van der Waals surface area contributed by atoms with Crippen LogP contribution in [0.3, 0.4) is 0 Å². The van der Waals surface area contributed by atoms with Crippen molar-refractivity contribution in [2.24, 2.45) is 0 Å². The van der Waals surface area contributed by atoms with Gasteiger partial charge in [0.15, 0.2) is 5.65 Å². The van der Waals surface area contributed by atoms with Gasteiger partial charge in [-0.1, -0.05) is 24.1 Å². The fraction of sp³-hybridized carbons (Fsp3) is 0.200. The summed E-state index contributed by atoms with van der Waals surface area (Å²) in [6, 6.07) is 13.7. The minimum absolute atomic E-state index is 0.00797. The fourth-order valence-electron chi connectivity index (χ4n) is 4.05. The van der Waals surface area contributed by atoms with Crippen LogP contribution in [0.1, 0.15) is 25.8 Å². The topological polar surface area (TPSA) is 108 Å². The number of nitrogens with one attached hydrogen (secondary N) is 1. The van der Waals surface area contributed by atoms with E-state index < -0.39 is 5.82 Å². The number of nitrogens with two attached hydrogens (primary N) is 1. The third kappa shape index (κ3) is 4.01. The standard InChI is InChI=1S/C25H21FN6O2/c1-2-6-21(33)30-15-11-16(12-15)32-25-22(24(27)28-14-29-25)23(31-32)19-10-9-18(13-20(19)26)34-17-7-4-3-5-8-17/h3-5,7-10,13-16H,11-12H2,1H3,(H,30,33)(H2,27,28,29)/t15-,16+. The predicted molar refractivity (Wildman–Crippen MR) is 125 cm³/mol. The molecule has 0 radical (unpaired) electrons. The van der Waals surface area contributed by atoms with Gasteiger partial charge >= 0.3 is 0 Å². The summed E-state index contributed by atoms with van der Waals surface area (Å²) >= 11 is 0. The van der Waals surface area contributed by atoms with Crippen molar-refractivity contribution < 1.29 is 13.9 Å². The molecule has 2 aromatic carbocycles. The average molecular weight is 456 g/mol. The SMILES string of the molecule is CC#CC(=O)N[C@H]1C[C@@H](n2nc(-c3ccc(Oc4ccccc4)cc3F)c3c(N)ncnc32)C1. The zero-order chi connectivity index (χ0) is 23.7. The van der Waals surface area contributed by atoms with Crippen molar-refractivity contribution in [2.75, 3.05) is 5.73 Å². The molecule has 0 saturated heterocycles. The number of halogens is 1. The van der Waals surface area contributed by atoms with Gasteiger partial charge in [-0.15, -0.1) is 0 Å². The van der Waals surface area contributed by atoms with Crippen molar-refractivity contribution in [3.8, 4) is 34.6 Å². The molecule has 9 heteroatoms. The Morgan fingerprint density at radius 2 is 1.97 bits per heavy atom. The molecule has 170 valence electrons. The van der Waals surface area contributed by atoms with Crippen molar-refractivity contribution in [1.82, 2.24) is 25.1 Å². The first-order valence-corrected chi connectivity index (χ1v) is 10.8. The molecule has 2 aromatic heterocycles. The second-order valence-corrected chi connectivity index (χ2v) is 7.98. The maximum absolute atomic E-state index is 15.2. The monoisotopic (exact) mass is 456 g/mol. The Hall–Kier alpha value is -4.45. The summed E-state index contributed by atoms with van der Waals surface area (Å²) < 4.78 is 22.7. The van der Waals surface area contributed by atoms with Gasteiger partial charge in [0, 0.05) is 17.7 Å². The van der Waals surface area contributed by atoms with E-state index in [2.05, 4.69) is 32.2 Å². The number of hydrogen-bond donors (Lipinski definition) is 2. The molecular weight excluding hydrogens is 435 g/mol. The second kappa shape index (κ2) is 8.83. The zero-order valence-electron chi connectivity index (χ0n) is 18.3. The minimum atomic E-state index is -0.500. The number of carbonyl (C=O) groups is 1. The van der Waals surface area contributed by atoms with E-state index in [1.165, 1.54) is 12.4 Å². The summed E-state index contributed by atoms with van der Waals surface area (Å²) in [5, 5.41) is 8.03. The number of hydrogen-bond acceptors (Lipinski definition) is 6. The molecule has 8 nitrogen and oxygen atoms in total. The Morgan fingerprint density at radius 3 is 2.71 bits per heavy atom.